The van der Waals surface area contributed by atoms with Gasteiger partial charge in [0.05, 0.1) is 11.6 Å². The Labute approximate surface area is 235 Å². The number of nitrogens with zero attached hydrogens (tertiary/aromatic N) is 2. The van der Waals surface area contributed by atoms with Gasteiger partial charge in [0.25, 0.3) is 11.8 Å². The molecule has 11 heteroatoms. The fourth-order valence-corrected chi connectivity index (χ4v) is 6.60. The molecule has 2 aromatic rings. The second kappa shape index (κ2) is 9.57. The monoisotopic (exact) mass is 561 g/mol. The normalized spacial score (nSPS) is 25.6. The second-order valence-corrected chi connectivity index (χ2v) is 11.2. The number of allylic oxidation sites excluding steroid dienone is 1. The lowest BCUT2D eigenvalue weighted by Gasteiger charge is -2.50. The number of nitrogens with two attached hydrogens (primary N) is 1. The molecule has 0 fully saturated rings. The van der Waals surface area contributed by atoms with Crippen molar-refractivity contribution in [1.29, 1.82) is 0 Å². The molecule has 0 bridgehead atoms. The van der Waals surface area contributed by atoms with Crippen LogP contribution in [0, 0.1) is 11.8 Å². The van der Waals surface area contributed by atoms with Crippen molar-refractivity contribution < 1.29 is 39.6 Å². The molecular weight excluding hydrogens is 530 g/mol. The number of hydrogen-bond donors (Lipinski definition) is 5. The lowest BCUT2D eigenvalue weighted by molar-refractivity contribution is -0.148. The Morgan fingerprint density at radius 1 is 1.02 bits per heavy atom. The van der Waals surface area contributed by atoms with Gasteiger partial charge in [-0.2, -0.15) is 0 Å². The number of rotatable bonds is 4. The van der Waals surface area contributed by atoms with E-state index in [1.54, 1.807) is 58.5 Å². The van der Waals surface area contributed by atoms with Crippen molar-refractivity contribution in [2.24, 2.45) is 17.6 Å². The molecule has 0 radical (unpaired) electrons. The zero-order valence-electron chi connectivity index (χ0n) is 23.0. The third-order valence-electron chi connectivity index (χ3n) is 8.43. The maximum absolute atomic E-state index is 13.9. The zero-order valence-corrected chi connectivity index (χ0v) is 23.0. The Morgan fingerprint density at radius 3 is 2.32 bits per heavy atom. The number of phenolic OH excluding ortho intramolecular Hbond substituents is 1. The van der Waals surface area contributed by atoms with Gasteiger partial charge < -0.3 is 31.1 Å². The average molecular weight is 562 g/mol. The molecule has 6 N–H and O–H groups in total. The molecule has 3 aliphatic carbocycles. The van der Waals surface area contributed by atoms with Crippen LogP contribution in [0.25, 0.3) is 11.1 Å². The Hall–Kier alpha value is -4.48. The van der Waals surface area contributed by atoms with E-state index in [1.165, 1.54) is 15.9 Å². The zero-order chi connectivity index (χ0) is 30.1. The van der Waals surface area contributed by atoms with E-state index in [0.717, 1.165) is 0 Å². The van der Waals surface area contributed by atoms with E-state index in [2.05, 4.69) is 0 Å². The first-order valence-electron chi connectivity index (χ1n) is 13.0. The van der Waals surface area contributed by atoms with Crippen molar-refractivity contribution in [2.45, 2.75) is 24.5 Å². The van der Waals surface area contributed by atoms with Gasteiger partial charge in [-0.1, -0.05) is 18.2 Å². The number of ketones is 2. The van der Waals surface area contributed by atoms with Gasteiger partial charge in [0.2, 0.25) is 5.78 Å². The van der Waals surface area contributed by atoms with Crippen LogP contribution in [0.2, 0.25) is 0 Å². The molecule has 0 heterocycles. The fraction of sp³-hybridized carbons (Fsp3) is 0.333. The second-order valence-electron chi connectivity index (χ2n) is 11.2. The minimum atomic E-state index is -2.70. The molecule has 4 atom stereocenters. The summed E-state index contributed by atoms with van der Waals surface area (Å²) in [7, 11) is 6.42. The topological polar surface area (TPSA) is 182 Å². The highest BCUT2D eigenvalue weighted by Gasteiger charge is 2.63. The Bertz CT molecular complexity index is 1600. The molecule has 11 nitrogen and oxygen atoms in total. The minimum Gasteiger partial charge on any atom is -0.510 e. The predicted molar refractivity (Wildman–Crippen MR) is 147 cm³/mol. The van der Waals surface area contributed by atoms with E-state index in [1.807, 2.05) is 0 Å². The SMILES string of the molecule is CN(C)C(=O)c1cccc(-c2ccc(O)c3c2C[C@H]2C[C@H]4[C@H](N(C)C)C(O)=C(C(N)=O)C(=O)[C@@]4(O)C(O)=C2C3=O)c1. The third kappa shape index (κ3) is 3.95. The van der Waals surface area contributed by atoms with Gasteiger partial charge in [0.1, 0.15) is 22.8 Å². The Kier molecular flexibility index (Phi) is 6.55. The van der Waals surface area contributed by atoms with Crippen LogP contribution in [0.15, 0.2) is 59.1 Å². The number of aromatic hydroxyl groups is 1. The van der Waals surface area contributed by atoms with Gasteiger partial charge in [0, 0.05) is 31.1 Å². The predicted octanol–water partition coefficient (Wildman–Crippen LogP) is 1.49. The quantitative estimate of drug-likeness (QED) is 0.345. The Morgan fingerprint density at radius 2 is 1.71 bits per heavy atom. The summed E-state index contributed by atoms with van der Waals surface area (Å²) in [6, 6.07) is 8.78. The Balaban J connectivity index is 1.69. The summed E-state index contributed by atoms with van der Waals surface area (Å²) in [5.41, 5.74) is 3.65. The van der Waals surface area contributed by atoms with Crippen molar-refractivity contribution in [3.8, 4) is 16.9 Å². The summed E-state index contributed by atoms with van der Waals surface area (Å²) >= 11 is 0. The van der Waals surface area contributed by atoms with Crippen molar-refractivity contribution >= 4 is 23.4 Å². The smallest absolute Gasteiger partial charge is 0.255 e. The lowest BCUT2D eigenvalue weighted by atomic mass is 9.58. The van der Waals surface area contributed by atoms with E-state index < -0.39 is 58.0 Å². The van der Waals surface area contributed by atoms with Gasteiger partial charge in [-0.05, 0) is 67.7 Å². The molecule has 0 unspecified atom stereocenters. The van der Waals surface area contributed by atoms with E-state index in [9.17, 15) is 39.6 Å². The van der Waals surface area contributed by atoms with Crippen molar-refractivity contribution in [1.82, 2.24) is 9.80 Å². The number of likely N-dealkylation sites (N-methyl/N-ethyl adjacent to an activating group) is 1. The van der Waals surface area contributed by atoms with Gasteiger partial charge in [-0.25, -0.2) is 0 Å². The van der Waals surface area contributed by atoms with E-state index in [4.69, 9.17) is 5.73 Å². The molecule has 0 aliphatic heterocycles. The molecule has 2 aromatic carbocycles. The van der Waals surface area contributed by atoms with E-state index in [0.29, 0.717) is 22.3 Å². The summed E-state index contributed by atoms with van der Waals surface area (Å²) in [6.07, 6.45) is 0.129. The first-order chi connectivity index (χ1) is 19.2. The van der Waals surface area contributed by atoms with Gasteiger partial charge in [-0.3, -0.25) is 24.1 Å². The number of primary amides is 1. The summed E-state index contributed by atoms with van der Waals surface area (Å²) in [4.78, 5) is 55.0. The van der Waals surface area contributed by atoms with Crippen LogP contribution in [-0.2, 0) is 16.0 Å². The average Bonchev–Trinajstić information content (AvgIpc) is 2.90. The summed E-state index contributed by atoms with van der Waals surface area (Å²) < 4.78 is 0. The number of aliphatic hydroxyl groups excluding tert-OH is 2. The number of benzene rings is 2. The maximum Gasteiger partial charge on any atom is 0.255 e. The van der Waals surface area contributed by atoms with Crippen molar-refractivity contribution in [2.75, 3.05) is 28.2 Å². The number of Topliss-reactive ketones (excluding diaryl/α,β-unsaturated/α-hetero) is 2. The highest BCUT2D eigenvalue weighted by Crippen LogP contribution is 2.53. The minimum absolute atomic E-state index is 0.0139. The number of phenols is 1. The fourth-order valence-electron chi connectivity index (χ4n) is 6.60. The van der Waals surface area contributed by atoms with Crippen LogP contribution in [0.4, 0.5) is 0 Å². The van der Waals surface area contributed by atoms with Crippen LogP contribution in [0.5, 0.6) is 5.75 Å². The maximum atomic E-state index is 13.9. The number of carbonyl (C=O) groups is 4. The first-order valence-corrected chi connectivity index (χ1v) is 13.0. The number of fused-ring (bicyclic) bond motifs is 3. The highest BCUT2D eigenvalue weighted by molar-refractivity contribution is 6.25. The molecule has 41 heavy (non-hydrogen) atoms. The van der Waals surface area contributed by atoms with Crippen molar-refractivity contribution in [3.05, 3.63) is 75.8 Å². The summed E-state index contributed by atoms with van der Waals surface area (Å²) in [5.74, 6) is -7.24. The van der Waals surface area contributed by atoms with E-state index in [-0.39, 0.29) is 35.6 Å². The molecular formula is C30H31N3O8. The van der Waals surface area contributed by atoms with Crippen molar-refractivity contribution in [3.63, 3.8) is 0 Å². The molecule has 0 saturated heterocycles. The largest absolute Gasteiger partial charge is 0.510 e. The van der Waals surface area contributed by atoms with Crippen LogP contribution in [0.1, 0.15) is 32.7 Å². The molecule has 214 valence electrons. The van der Waals surface area contributed by atoms with Gasteiger partial charge in [-0.15, -0.1) is 0 Å². The molecule has 5 rings (SSSR count). The van der Waals surface area contributed by atoms with Crippen LogP contribution in [-0.4, -0.2) is 93.4 Å². The summed E-state index contributed by atoms with van der Waals surface area (Å²) in [5, 5.41) is 44.8. The molecule has 0 aromatic heterocycles. The molecule has 2 amide bonds. The third-order valence-corrected chi connectivity index (χ3v) is 8.43. The molecule has 0 saturated carbocycles. The first kappa shape index (κ1) is 28.1. The summed E-state index contributed by atoms with van der Waals surface area (Å²) in [6.45, 7) is 0. The lowest BCUT2D eigenvalue weighted by Crippen LogP contribution is -2.63. The number of aliphatic hydroxyl groups is 3. The van der Waals surface area contributed by atoms with Crippen LogP contribution < -0.4 is 5.73 Å². The highest BCUT2D eigenvalue weighted by atomic mass is 16.3. The van der Waals surface area contributed by atoms with Gasteiger partial charge in [0.15, 0.2) is 11.4 Å². The number of carbonyl (C=O) groups excluding carboxylic acids is 4. The van der Waals surface area contributed by atoms with Crippen LogP contribution >= 0.6 is 0 Å². The molecule has 0 spiro atoms. The van der Waals surface area contributed by atoms with Gasteiger partial charge >= 0.3 is 0 Å². The molecule has 3 aliphatic rings. The van der Waals surface area contributed by atoms with E-state index >= 15 is 0 Å². The van der Waals surface area contributed by atoms with Crippen LogP contribution in [0.3, 0.4) is 0 Å². The standard InChI is InChI=1S/C30H31N3O8/c1-32(2)23-18-12-15-11-17-16(13-6-5-7-14(10-13)29(40)33(3)4)8-9-19(34)21(17)24(35)20(15)26(37)30(18,41)27(38)22(25(23)36)28(31)39/h5-10,15,18,23,34,36-37,41H,11-12H2,1-4H3,(H2,31,39)/t15-,18-,23-,30-/m0/s1. The number of amides is 2. The number of hydrogen-bond acceptors (Lipinski definition) is 9.